The third-order valence-corrected chi connectivity index (χ3v) is 7.17. The lowest BCUT2D eigenvalue weighted by Gasteiger charge is -2.45. The Morgan fingerprint density at radius 1 is 0.875 bits per heavy atom. The minimum Gasteiger partial charge on any atom is -0.0654 e. The maximum atomic E-state index is 2.38. The molecule has 0 nitrogen and oxygen atoms in total. The predicted octanol–water partition coefficient (Wildman–Crippen LogP) is 7.57. The number of rotatable bonds is 9. The van der Waals surface area contributed by atoms with E-state index in [1.54, 1.807) is 5.56 Å². The van der Waals surface area contributed by atoms with Crippen LogP contribution in [0.3, 0.4) is 0 Å². The molecule has 0 amide bonds. The van der Waals surface area contributed by atoms with Crippen molar-refractivity contribution in [3.8, 4) is 0 Å². The van der Waals surface area contributed by atoms with E-state index in [-0.39, 0.29) is 0 Å². The number of hydrogen-bond donors (Lipinski definition) is 0. The third-order valence-electron chi connectivity index (χ3n) is 7.17. The Labute approximate surface area is 150 Å². The third kappa shape index (κ3) is 4.64. The molecule has 24 heavy (non-hydrogen) atoms. The molecule has 0 aromatic heterocycles. The summed E-state index contributed by atoms with van der Waals surface area (Å²) in [5.41, 5.74) is 2.18. The Bertz CT molecular complexity index is 452. The van der Waals surface area contributed by atoms with Gasteiger partial charge < -0.3 is 0 Å². The molecule has 0 aliphatic heterocycles. The molecule has 3 rings (SSSR count). The van der Waals surface area contributed by atoms with Gasteiger partial charge >= 0.3 is 0 Å². The molecule has 1 unspecified atom stereocenters. The highest BCUT2D eigenvalue weighted by molar-refractivity contribution is 5.17. The minimum atomic E-state index is 0.591. The number of unbranched alkanes of at least 4 members (excludes halogenated alkanes) is 1. The second-order valence-electron chi connectivity index (χ2n) is 8.80. The van der Waals surface area contributed by atoms with E-state index >= 15 is 0 Å². The molecule has 0 N–H and O–H groups in total. The average molecular weight is 327 g/mol. The first-order valence-corrected chi connectivity index (χ1v) is 10.9. The van der Waals surface area contributed by atoms with Crippen molar-refractivity contribution in [2.24, 2.45) is 17.3 Å². The van der Waals surface area contributed by atoms with Gasteiger partial charge in [0.1, 0.15) is 0 Å². The first-order valence-electron chi connectivity index (χ1n) is 10.9. The van der Waals surface area contributed by atoms with Crippen LogP contribution in [0.25, 0.3) is 0 Å². The second-order valence-corrected chi connectivity index (χ2v) is 8.80. The summed E-state index contributed by atoms with van der Waals surface area (Å²) in [6, 6.07) is 11.4. The fourth-order valence-corrected chi connectivity index (χ4v) is 5.37. The highest BCUT2D eigenvalue weighted by atomic mass is 14.4. The van der Waals surface area contributed by atoms with Crippen molar-refractivity contribution in [2.45, 2.75) is 96.8 Å². The topological polar surface area (TPSA) is 0 Å². The quantitative estimate of drug-likeness (QED) is 0.439. The maximum absolute atomic E-state index is 2.38. The fraction of sp³-hybridized carbons (Fsp3) is 0.750. The van der Waals surface area contributed by atoms with Crippen LogP contribution in [0, 0.1) is 17.3 Å². The molecule has 2 aliphatic carbocycles. The lowest BCUT2D eigenvalue weighted by Crippen LogP contribution is -2.35. The van der Waals surface area contributed by atoms with E-state index in [4.69, 9.17) is 0 Å². The van der Waals surface area contributed by atoms with Gasteiger partial charge in [-0.05, 0) is 61.3 Å². The molecule has 0 bridgehead atoms. The van der Waals surface area contributed by atoms with E-state index in [9.17, 15) is 0 Å². The molecule has 2 aliphatic rings. The zero-order chi connectivity index (χ0) is 16.7. The van der Waals surface area contributed by atoms with Crippen LogP contribution >= 0.6 is 0 Å². The molecule has 1 aromatic carbocycles. The monoisotopic (exact) mass is 326 g/mol. The van der Waals surface area contributed by atoms with Gasteiger partial charge in [0.05, 0.1) is 0 Å². The summed E-state index contributed by atoms with van der Waals surface area (Å²) in [5, 5.41) is 0. The largest absolute Gasteiger partial charge is 0.0654 e. The lowest BCUT2D eigenvalue weighted by molar-refractivity contribution is 0.0735. The van der Waals surface area contributed by atoms with Gasteiger partial charge in [0.15, 0.2) is 0 Å². The van der Waals surface area contributed by atoms with Crippen LogP contribution in [-0.4, -0.2) is 0 Å². The van der Waals surface area contributed by atoms with Crippen molar-refractivity contribution >= 4 is 0 Å². The first kappa shape index (κ1) is 18.0. The van der Waals surface area contributed by atoms with Gasteiger partial charge in [-0.25, -0.2) is 0 Å². The zero-order valence-corrected chi connectivity index (χ0v) is 15.9. The lowest BCUT2D eigenvalue weighted by atomic mass is 9.60. The van der Waals surface area contributed by atoms with E-state index in [1.165, 1.54) is 89.9 Å². The molecule has 0 heteroatoms. The standard InChI is InChI=1S/C24H38/c1-2-3-18-24(19-17-21-13-10-14-21,23-15-8-5-9-16-23)20-22-11-6-4-7-12-22/h4,6-7,11-12,21,23H,2-3,5,8-10,13-20H2,1H3. The molecule has 1 atom stereocenters. The fourth-order valence-electron chi connectivity index (χ4n) is 5.37. The minimum absolute atomic E-state index is 0.591. The predicted molar refractivity (Wildman–Crippen MR) is 105 cm³/mol. The molecular weight excluding hydrogens is 288 g/mol. The first-order chi connectivity index (χ1) is 11.8. The van der Waals surface area contributed by atoms with Crippen molar-refractivity contribution in [1.82, 2.24) is 0 Å². The summed E-state index contributed by atoms with van der Waals surface area (Å²) >= 11 is 0. The summed E-state index contributed by atoms with van der Waals surface area (Å²) in [5.74, 6) is 2.04. The highest BCUT2D eigenvalue weighted by Gasteiger charge is 2.39. The van der Waals surface area contributed by atoms with Crippen molar-refractivity contribution in [1.29, 1.82) is 0 Å². The molecule has 1 aromatic rings. The number of hydrogen-bond acceptors (Lipinski definition) is 0. The van der Waals surface area contributed by atoms with Crippen molar-refractivity contribution < 1.29 is 0 Å². The van der Waals surface area contributed by atoms with Gasteiger partial charge in [-0.2, -0.15) is 0 Å². The molecule has 0 radical (unpaired) electrons. The van der Waals surface area contributed by atoms with E-state index in [1.807, 2.05) is 0 Å². The van der Waals surface area contributed by atoms with E-state index < -0.39 is 0 Å². The molecule has 0 saturated heterocycles. The van der Waals surface area contributed by atoms with Gasteiger partial charge in [-0.15, -0.1) is 0 Å². The van der Waals surface area contributed by atoms with Gasteiger partial charge in [0, 0.05) is 0 Å². The molecule has 2 saturated carbocycles. The smallest absolute Gasteiger partial charge is 0.0219 e. The molecular formula is C24H38. The average Bonchev–Trinajstić information content (AvgIpc) is 2.60. The molecule has 0 heterocycles. The van der Waals surface area contributed by atoms with E-state index in [0.29, 0.717) is 5.41 Å². The normalized spacial score (nSPS) is 22.0. The zero-order valence-electron chi connectivity index (χ0n) is 15.9. The second kappa shape index (κ2) is 9.07. The summed E-state index contributed by atoms with van der Waals surface area (Å²) < 4.78 is 0. The van der Waals surface area contributed by atoms with Crippen LogP contribution in [-0.2, 0) is 6.42 Å². The Morgan fingerprint density at radius 3 is 2.25 bits per heavy atom. The van der Waals surface area contributed by atoms with Crippen LogP contribution in [0.1, 0.15) is 96.0 Å². The van der Waals surface area contributed by atoms with Crippen LogP contribution in [0.2, 0.25) is 0 Å². The van der Waals surface area contributed by atoms with Gasteiger partial charge in [-0.3, -0.25) is 0 Å². The van der Waals surface area contributed by atoms with Crippen LogP contribution in [0.4, 0.5) is 0 Å². The van der Waals surface area contributed by atoms with Crippen molar-refractivity contribution in [2.75, 3.05) is 0 Å². The summed E-state index contributed by atoms with van der Waals surface area (Å²) in [6.07, 6.45) is 20.6. The maximum Gasteiger partial charge on any atom is -0.0219 e. The molecule has 134 valence electrons. The van der Waals surface area contributed by atoms with Crippen LogP contribution < -0.4 is 0 Å². The van der Waals surface area contributed by atoms with Gasteiger partial charge in [0.25, 0.3) is 0 Å². The summed E-state index contributed by atoms with van der Waals surface area (Å²) in [4.78, 5) is 0. The molecule has 0 spiro atoms. The van der Waals surface area contributed by atoms with Crippen LogP contribution in [0.15, 0.2) is 30.3 Å². The van der Waals surface area contributed by atoms with E-state index in [0.717, 1.165) is 11.8 Å². The Kier molecular flexibility index (Phi) is 6.81. The van der Waals surface area contributed by atoms with Crippen LogP contribution in [0.5, 0.6) is 0 Å². The SMILES string of the molecule is CCCCC(CCC1CCC1)(Cc1ccccc1)C1CCCCC1. The summed E-state index contributed by atoms with van der Waals surface area (Å²) in [6.45, 7) is 2.38. The van der Waals surface area contributed by atoms with Crippen molar-refractivity contribution in [3.05, 3.63) is 35.9 Å². The van der Waals surface area contributed by atoms with Gasteiger partial charge in [-0.1, -0.05) is 88.6 Å². The molecule has 2 fully saturated rings. The van der Waals surface area contributed by atoms with Gasteiger partial charge in [0.2, 0.25) is 0 Å². The highest BCUT2D eigenvalue weighted by Crippen LogP contribution is 2.49. The van der Waals surface area contributed by atoms with Crippen molar-refractivity contribution in [3.63, 3.8) is 0 Å². The Hall–Kier alpha value is -0.780. The Morgan fingerprint density at radius 2 is 1.62 bits per heavy atom. The number of benzene rings is 1. The summed E-state index contributed by atoms with van der Waals surface area (Å²) in [7, 11) is 0. The Balaban J connectivity index is 1.78. The van der Waals surface area contributed by atoms with E-state index in [2.05, 4.69) is 37.3 Å².